The number of aromatic nitrogens is 2. The van der Waals surface area contributed by atoms with Gasteiger partial charge in [0.25, 0.3) is 5.56 Å². The van der Waals surface area contributed by atoms with Gasteiger partial charge in [-0.3, -0.25) is 9.36 Å². The van der Waals surface area contributed by atoms with E-state index >= 15 is 0 Å². The van der Waals surface area contributed by atoms with Crippen molar-refractivity contribution in [2.45, 2.75) is 12.1 Å². The number of fused-ring (bicyclic) bond motifs is 1. The first-order valence-electron chi connectivity index (χ1n) is 7.72. The largest absolute Gasteiger partial charge is 0.495 e. The molecule has 0 radical (unpaired) electrons. The minimum atomic E-state index is -0.121. The van der Waals surface area contributed by atoms with Gasteiger partial charge in [0, 0.05) is 10.8 Å². The van der Waals surface area contributed by atoms with E-state index in [0.717, 1.165) is 0 Å². The lowest BCUT2D eigenvalue weighted by Crippen LogP contribution is -2.22. The van der Waals surface area contributed by atoms with E-state index in [2.05, 4.69) is 4.98 Å². The van der Waals surface area contributed by atoms with Gasteiger partial charge in [-0.15, -0.1) is 0 Å². The molecule has 0 atom stereocenters. The summed E-state index contributed by atoms with van der Waals surface area (Å²) in [5.74, 6) is 1.24. The highest BCUT2D eigenvalue weighted by Crippen LogP contribution is 2.27. The molecule has 0 unspecified atom stereocenters. The second-order valence-electron chi connectivity index (χ2n) is 5.33. The predicted molar refractivity (Wildman–Crippen MR) is 104 cm³/mol. The molecule has 3 rings (SSSR count). The fourth-order valence-electron chi connectivity index (χ4n) is 2.47. The number of benzene rings is 2. The molecular weight excluding hydrogens is 356 g/mol. The number of hydrogen-bond donors (Lipinski definition) is 0. The zero-order chi connectivity index (χ0) is 17.8. The van der Waals surface area contributed by atoms with E-state index < -0.39 is 0 Å². The molecule has 25 heavy (non-hydrogen) atoms. The first-order valence-corrected chi connectivity index (χ1v) is 9.08. The topological polar surface area (TPSA) is 44.1 Å². The summed E-state index contributed by atoms with van der Waals surface area (Å²) in [6, 6.07) is 14.8. The first kappa shape index (κ1) is 17.6. The van der Waals surface area contributed by atoms with Gasteiger partial charge in [-0.2, -0.15) is 0 Å². The van der Waals surface area contributed by atoms with E-state index in [1.807, 2.05) is 55.5 Å². The minimum absolute atomic E-state index is 0.121. The van der Waals surface area contributed by atoms with Crippen LogP contribution >= 0.6 is 23.4 Å². The van der Waals surface area contributed by atoms with Crippen molar-refractivity contribution in [3.63, 3.8) is 0 Å². The van der Waals surface area contributed by atoms with Gasteiger partial charge < -0.3 is 4.74 Å². The smallest absolute Gasteiger partial charge is 0.266 e. The molecule has 0 aliphatic carbocycles. The van der Waals surface area contributed by atoms with Crippen LogP contribution in [0, 0.1) is 0 Å². The lowest BCUT2D eigenvalue weighted by atomic mass is 10.2. The maximum atomic E-state index is 13.1. The van der Waals surface area contributed by atoms with Crippen LogP contribution < -0.4 is 10.3 Å². The van der Waals surface area contributed by atoms with Gasteiger partial charge in [0.1, 0.15) is 5.75 Å². The molecule has 0 saturated heterocycles. The van der Waals surface area contributed by atoms with E-state index in [4.69, 9.17) is 16.3 Å². The SMILES string of the molecule is COc1ccccc1-n1c(SC/C=C(\C)Cl)nc2ccccc2c1=O. The maximum Gasteiger partial charge on any atom is 0.266 e. The van der Waals surface area contributed by atoms with Crippen molar-refractivity contribution >= 4 is 34.3 Å². The Morgan fingerprint density at radius 2 is 1.96 bits per heavy atom. The Balaban J connectivity index is 2.25. The van der Waals surface area contributed by atoms with Crippen LogP contribution in [0.2, 0.25) is 0 Å². The number of thioether (sulfide) groups is 1. The summed E-state index contributed by atoms with van der Waals surface area (Å²) in [6.07, 6.45) is 1.89. The van der Waals surface area contributed by atoms with Crippen molar-refractivity contribution in [2.75, 3.05) is 12.9 Å². The average molecular weight is 373 g/mol. The zero-order valence-corrected chi connectivity index (χ0v) is 15.5. The van der Waals surface area contributed by atoms with E-state index in [-0.39, 0.29) is 5.56 Å². The van der Waals surface area contributed by atoms with Crippen LogP contribution in [0.4, 0.5) is 0 Å². The van der Waals surface area contributed by atoms with Gasteiger partial charge >= 0.3 is 0 Å². The van der Waals surface area contributed by atoms with Gasteiger partial charge in [-0.25, -0.2) is 4.98 Å². The van der Waals surface area contributed by atoms with Crippen molar-refractivity contribution in [3.05, 3.63) is 70.0 Å². The summed E-state index contributed by atoms with van der Waals surface area (Å²) in [7, 11) is 1.59. The van der Waals surface area contributed by atoms with Crippen molar-refractivity contribution in [1.82, 2.24) is 9.55 Å². The second-order valence-corrected chi connectivity index (χ2v) is 6.91. The molecule has 0 fully saturated rings. The fraction of sp³-hybridized carbons (Fsp3) is 0.158. The summed E-state index contributed by atoms with van der Waals surface area (Å²) in [5, 5.41) is 1.88. The molecule has 1 aromatic heterocycles. The lowest BCUT2D eigenvalue weighted by Gasteiger charge is -2.15. The third-order valence-electron chi connectivity index (χ3n) is 3.65. The van der Waals surface area contributed by atoms with Crippen LogP contribution in [-0.2, 0) is 0 Å². The molecule has 128 valence electrons. The van der Waals surface area contributed by atoms with Gasteiger partial charge in [0.05, 0.1) is 23.7 Å². The normalized spacial score (nSPS) is 11.7. The molecule has 0 aliphatic heterocycles. The van der Waals surface area contributed by atoms with Crippen molar-refractivity contribution < 1.29 is 4.74 Å². The predicted octanol–water partition coefficient (Wildman–Crippen LogP) is 4.63. The Morgan fingerprint density at radius 3 is 2.72 bits per heavy atom. The molecule has 0 amide bonds. The fourth-order valence-corrected chi connectivity index (χ4v) is 3.59. The van der Waals surface area contributed by atoms with Gasteiger partial charge in [0.15, 0.2) is 5.16 Å². The number of hydrogen-bond acceptors (Lipinski definition) is 4. The summed E-state index contributed by atoms with van der Waals surface area (Å²) < 4.78 is 7.04. The van der Waals surface area contributed by atoms with Crippen LogP contribution in [-0.4, -0.2) is 22.4 Å². The monoisotopic (exact) mass is 372 g/mol. The Hall–Kier alpha value is -2.24. The minimum Gasteiger partial charge on any atom is -0.495 e. The van der Waals surface area contributed by atoms with Crippen molar-refractivity contribution in [3.8, 4) is 11.4 Å². The molecule has 0 saturated carbocycles. The molecule has 1 heterocycles. The zero-order valence-electron chi connectivity index (χ0n) is 13.9. The quantitative estimate of drug-likeness (QED) is 0.484. The molecule has 6 heteroatoms. The Morgan fingerprint density at radius 1 is 1.24 bits per heavy atom. The molecule has 0 spiro atoms. The summed E-state index contributed by atoms with van der Waals surface area (Å²) in [5.41, 5.74) is 1.22. The number of rotatable bonds is 5. The number of allylic oxidation sites excluding steroid dienone is 1. The van der Waals surface area contributed by atoms with Crippen LogP contribution in [0.5, 0.6) is 5.75 Å². The molecule has 2 aromatic carbocycles. The van der Waals surface area contributed by atoms with Gasteiger partial charge in [0.2, 0.25) is 0 Å². The third kappa shape index (κ3) is 3.72. The number of halogens is 1. The number of para-hydroxylation sites is 3. The van der Waals surface area contributed by atoms with Crippen LogP contribution in [0.25, 0.3) is 16.6 Å². The molecule has 4 nitrogen and oxygen atoms in total. The summed E-state index contributed by atoms with van der Waals surface area (Å²) in [4.78, 5) is 17.8. The van der Waals surface area contributed by atoms with Crippen molar-refractivity contribution in [1.29, 1.82) is 0 Å². The van der Waals surface area contributed by atoms with E-state index in [9.17, 15) is 4.79 Å². The Bertz CT molecular complexity index is 994. The molecule has 0 bridgehead atoms. The highest BCUT2D eigenvalue weighted by molar-refractivity contribution is 7.99. The highest BCUT2D eigenvalue weighted by Gasteiger charge is 2.15. The van der Waals surface area contributed by atoms with E-state index in [0.29, 0.717) is 38.3 Å². The Labute approximate surface area is 155 Å². The van der Waals surface area contributed by atoms with Crippen LogP contribution in [0.15, 0.2) is 69.6 Å². The van der Waals surface area contributed by atoms with Gasteiger partial charge in [-0.1, -0.05) is 53.7 Å². The summed E-state index contributed by atoms with van der Waals surface area (Å²) in [6.45, 7) is 1.82. The average Bonchev–Trinajstić information content (AvgIpc) is 2.62. The van der Waals surface area contributed by atoms with Crippen molar-refractivity contribution in [2.24, 2.45) is 0 Å². The maximum absolute atomic E-state index is 13.1. The third-order valence-corrected chi connectivity index (χ3v) is 4.67. The lowest BCUT2D eigenvalue weighted by molar-refractivity contribution is 0.411. The number of nitrogens with zero attached hydrogens (tertiary/aromatic N) is 2. The van der Waals surface area contributed by atoms with E-state index in [1.54, 1.807) is 17.7 Å². The standard InChI is InChI=1S/C19H17ClN2O2S/c1-13(20)11-12-25-19-21-15-8-4-3-7-14(15)18(23)22(19)16-9-5-6-10-17(16)24-2/h3-11H,12H2,1-2H3/b13-11+. The molecule has 0 N–H and O–H groups in total. The number of methoxy groups -OCH3 is 1. The molecule has 0 aliphatic rings. The summed E-state index contributed by atoms with van der Waals surface area (Å²) >= 11 is 7.37. The van der Waals surface area contributed by atoms with E-state index in [1.165, 1.54) is 11.8 Å². The van der Waals surface area contributed by atoms with Crippen LogP contribution in [0.1, 0.15) is 6.92 Å². The first-order chi connectivity index (χ1) is 12.1. The van der Waals surface area contributed by atoms with Gasteiger partial charge in [-0.05, 0) is 31.2 Å². The number of ether oxygens (including phenoxy) is 1. The highest BCUT2D eigenvalue weighted by atomic mass is 35.5. The molecular formula is C19H17ClN2O2S. The molecule has 3 aromatic rings. The Kier molecular flexibility index (Phi) is 5.46. The van der Waals surface area contributed by atoms with Crippen LogP contribution in [0.3, 0.4) is 0 Å². The second kappa shape index (κ2) is 7.76.